The van der Waals surface area contributed by atoms with Gasteiger partial charge in [0.1, 0.15) is 12.7 Å². The van der Waals surface area contributed by atoms with Gasteiger partial charge in [-0.1, -0.05) is 38.2 Å². The molecule has 0 aromatic carbocycles. The highest BCUT2D eigenvalue weighted by atomic mass is 16.5. The van der Waals surface area contributed by atoms with Gasteiger partial charge in [-0.2, -0.15) is 0 Å². The van der Waals surface area contributed by atoms with Gasteiger partial charge < -0.3 is 19.7 Å². The van der Waals surface area contributed by atoms with Gasteiger partial charge in [0.2, 0.25) is 11.8 Å². The predicted octanol–water partition coefficient (Wildman–Crippen LogP) is 2.26. The molecule has 1 heterocycles. The van der Waals surface area contributed by atoms with Crippen molar-refractivity contribution >= 4 is 29.5 Å². The second-order valence-corrected chi connectivity index (χ2v) is 8.87. The lowest BCUT2D eigenvalue weighted by molar-refractivity contribution is -0.145. The largest absolute Gasteiger partial charge is 0.478 e. The number of aliphatic hydroxyl groups is 1. The lowest BCUT2D eigenvalue weighted by Crippen LogP contribution is -2.44. The van der Waals surface area contributed by atoms with Crippen molar-refractivity contribution < 1.29 is 43.7 Å². The molecule has 0 bridgehead atoms. The van der Waals surface area contributed by atoms with E-state index in [9.17, 15) is 29.1 Å². The molecule has 3 unspecified atom stereocenters. The maximum atomic E-state index is 12.9. The van der Waals surface area contributed by atoms with Crippen LogP contribution in [0, 0.1) is 11.8 Å². The van der Waals surface area contributed by atoms with Gasteiger partial charge >= 0.3 is 11.9 Å². The van der Waals surface area contributed by atoms with Crippen LogP contribution in [0.5, 0.6) is 0 Å². The number of hydrogen-bond acceptors (Lipinski definition) is 8. The van der Waals surface area contributed by atoms with Crippen LogP contribution in [0.25, 0.3) is 0 Å². The number of esters is 1. The zero-order valence-electron chi connectivity index (χ0n) is 20.9. The summed E-state index contributed by atoms with van der Waals surface area (Å²) in [6.07, 6.45) is 7.19. The maximum absolute atomic E-state index is 12.9. The van der Waals surface area contributed by atoms with E-state index >= 15 is 0 Å². The highest BCUT2D eigenvalue weighted by Crippen LogP contribution is 2.24. The van der Waals surface area contributed by atoms with Crippen LogP contribution in [-0.2, 0) is 33.4 Å². The van der Waals surface area contributed by atoms with E-state index in [1.165, 1.54) is 13.2 Å². The summed E-state index contributed by atoms with van der Waals surface area (Å²) in [6.45, 7) is 5.29. The van der Waals surface area contributed by atoms with Crippen molar-refractivity contribution in [1.82, 2.24) is 5.32 Å². The smallest absolute Gasteiger partial charge is 0.328 e. The lowest BCUT2D eigenvalue weighted by Gasteiger charge is -2.28. The number of hydrogen-bond donors (Lipinski definition) is 3. The van der Waals surface area contributed by atoms with Crippen molar-refractivity contribution in [3.05, 3.63) is 36.5 Å². The molecule has 10 heteroatoms. The van der Waals surface area contributed by atoms with Crippen molar-refractivity contribution in [1.29, 1.82) is 0 Å². The molecule has 1 aliphatic rings. The third-order valence-corrected chi connectivity index (χ3v) is 5.88. The molecule has 3 N–H and O–H groups in total. The van der Waals surface area contributed by atoms with Crippen LogP contribution in [0.3, 0.4) is 0 Å². The Bertz CT molecular complexity index is 845. The Morgan fingerprint density at radius 3 is 2.42 bits per heavy atom. The highest BCUT2D eigenvalue weighted by Gasteiger charge is 2.35. The number of unbranched alkanes of at least 4 members (excludes halogenated alkanes) is 3. The molecule has 0 aromatic heterocycles. The van der Waals surface area contributed by atoms with Crippen LogP contribution in [-0.4, -0.2) is 65.7 Å². The molecule has 0 radical (unpaired) electrons. The van der Waals surface area contributed by atoms with Gasteiger partial charge in [0, 0.05) is 38.4 Å². The standard InChI is InChI=1S/C26H37NO9/c1-17(16-36-24(33)12-10-8-6-4-5-7-9-11-23(31)32)18(2)25(34)26(35-3)20(28)13-19-14-21(29)27-22(30)15-19/h5,7,9,11,18-20,26,28H,1,4,6,8,10,12-16H2,2-3H3,(H,31,32)(H,27,29,30)/b7-5+,11-9+. The molecular weight excluding hydrogens is 470 g/mol. The van der Waals surface area contributed by atoms with E-state index in [2.05, 4.69) is 11.9 Å². The van der Waals surface area contributed by atoms with Crippen molar-refractivity contribution in [2.24, 2.45) is 11.8 Å². The number of rotatable bonds is 17. The van der Waals surface area contributed by atoms with Crippen molar-refractivity contribution in [3.8, 4) is 0 Å². The van der Waals surface area contributed by atoms with E-state index in [-0.39, 0.29) is 38.2 Å². The quantitative estimate of drug-likeness (QED) is 0.0671. The molecular formula is C26H37NO9. The van der Waals surface area contributed by atoms with Gasteiger partial charge in [0.15, 0.2) is 5.78 Å². The number of imide groups is 1. The summed E-state index contributed by atoms with van der Waals surface area (Å²) < 4.78 is 10.4. The molecule has 0 spiro atoms. The highest BCUT2D eigenvalue weighted by molar-refractivity contribution is 5.97. The number of amides is 2. The Hall–Kier alpha value is -3.11. The molecule has 1 saturated heterocycles. The average molecular weight is 508 g/mol. The van der Waals surface area contributed by atoms with Gasteiger partial charge in [-0.05, 0) is 37.2 Å². The first-order chi connectivity index (χ1) is 17.0. The molecule has 1 rings (SSSR count). The van der Waals surface area contributed by atoms with Gasteiger partial charge in [0.25, 0.3) is 0 Å². The van der Waals surface area contributed by atoms with E-state index in [0.717, 1.165) is 25.3 Å². The Morgan fingerprint density at radius 1 is 1.14 bits per heavy atom. The first-order valence-corrected chi connectivity index (χ1v) is 12.0. The number of carboxylic acids is 1. The fraction of sp³-hybridized carbons (Fsp3) is 0.577. The third-order valence-electron chi connectivity index (χ3n) is 5.88. The van der Waals surface area contributed by atoms with Crippen LogP contribution in [0.4, 0.5) is 0 Å². The number of Topliss-reactive ketones (excluding diaryl/α,β-unsaturated/α-hetero) is 1. The number of aliphatic carboxylic acids is 1. The zero-order valence-corrected chi connectivity index (χ0v) is 20.9. The second kappa shape index (κ2) is 16.5. The lowest BCUT2D eigenvalue weighted by atomic mass is 9.86. The average Bonchev–Trinajstić information content (AvgIpc) is 2.80. The number of piperidine rings is 1. The minimum absolute atomic E-state index is 0.0619. The number of carbonyl (C=O) groups excluding carboxylic acids is 4. The maximum Gasteiger partial charge on any atom is 0.328 e. The van der Waals surface area contributed by atoms with E-state index in [4.69, 9.17) is 14.6 Å². The number of carboxylic acid groups (broad SMARTS) is 1. The molecule has 0 aliphatic carbocycles. The summed E-state index contributed by atoms with van der Waals surface area (Å²) in [5.74, 6) is -3.76. The Kier molecular flexibility index (Phi) is 14.2. The van der Waals surface area contributed by atoms with Crippen LogP contribution in [0.15, 0.2) is 36.5 Å². The van der Waals surface area contributed by atoms with E-state index in [1.54, 1.807) is 13.0 Å². The van der Waals surface area contributed by atoms with E-state index in [1.807, 2.05) is 6.08 Å². The van der Waals surface area contributed by atoms with Gasteiger partial charge in [-0.25, -0.2) is 4.79 Å². The molecule has 1 fully saturated rings. The Labute approximate surface area is 211 Å². The van der Waals surface area contributed by atoms with Gasteiger partial charge in [-0.15, -0.1) is 0 Å². The monoisotopic (exact) mass is 507 g/mol. The molecule has 3 atom stereocenters. The topological polar surface area (TPSA) is 156 Å². The summed E-state index contributed by atoms with van der Waals surface area (Å²) >= 11 is 0. The number of carbonyl (C=O) groups is 5. The van der Waals surface area contributed by atoms with Crippen molar-refractivity contribution in [2.75, 3.05) is 13.7 Å². The number of ether oxygens (including phenoxy) is 2. The summed E-state index contributed by atoms with van der Waals surface area (Å²) in [5.41, 5.74) is 0.370. The number of aliphatic hydroxyl groups excluding tert-OH is 1. The Balaban J connectivity index is 2.36. The molecule has 36 heavy (non-hydrogen) atoms. The van der Waals surface area contributed by atoms with Crippen LogP contribution >= 0.6 is 0 Å². The zero-order chi connectivity index (χ0) is 27.1. The minimum atomic E-state index is -1.20. The molecule has 1 aliphatic heterocycles. The first-order valence-electron chi connectivity index (χ1n) is 12.0. The number of methoxy groups -OCH3 is 1. The minimum Gasteiger partial charge on any atom is -0.478 e. The summed E-state index contributed by atoms with van der Waals surface area (Å²) in [6, 6.07) is 0. The summed E-state index contributed by atoms with van der Waals surface area (Å²) in [4.78, 5) is 58.3. The predicted molar refractivity (Wildman–Crippen MR) is 131 cm³/mol. The van der Waals surface area contributed by atoms with Crippen LogP contribution < -0.4 is 5.32 Å². The van der Waals surface area contributed by atoms with Crippen molar-refractivity contribution in [2.45, 2.75) is 70.5 Å². The molecule has 2 amide bonds. The SMILES string of the molecule is C=C(COC(=O)CCCCC/C=C/C=C/C(=O)O)C(C)C(=O)C(OC)C(O)CC1CC(=O)NC(=O)C1. The fourth-order valence-corrected chi connectivity index (χ4v) is 3.79. The number of ketones is 1. The normalized spacial score (nSPS) is 17.1. The molecule has 10 nitrogen and oxygen atoms in total. The van der Waals surface area contributed by atoms with Crippen LogP contribution in [0.1, 0.15) is 58.3 Å². The number of nitrogens with one attached hydrogen (secondary N) is 1. The Morgan fingerprint density at radius 2 is 1.81 bits per heavy atom. The van der Waals surface area contributed by atoms with E-state index in [0.29, 0.717) is 12.0 Å². The van der Waals surface area contributed by atoms with E-state index < -0.39 is 47.7 Å². The summed E-state index contributed by atoms with van der Waals surface area (Å²) in [7, 11) is 1.29. The first kappa shape index (κ1) is 30.9. The van der Waals surface area contributed by atoms with Gasteiger partial charge in [-0.3, -0.25) is 24.5 Å². The fourth-order valence-electron chi connectivity index (χ4n) is 3.79. The molecule has 200 valence electrons. The summed E-state index contributed by atoms with van der Waals surface area (Å²) in [5, 5.41) is 21.2. The van der Waals surface area contributed by atoms with Crippen LogP contribution in [0.2, 0.25) is 0 Å². The van der Waals surface area contributed by atoms with Crippen molar-refractivity contribution in [3.63, 3.8) is 0 Å². The molecule has 0 aromatic rings. The second-order valence-electron chi connectivity index (χ2n) is 8.87. The number of allylic oxidation sites excluding steroid dienone is 3. The molecule has 0 saturated carbocycles. The van der Waals surface area contributed by atoms with Gasteiger partial charge in [0.05, 0.1) is 6.10 Å². The third kappa shape index (κ3) is 12.0.